The molecule has 2 amide bonds. The van der Waals surface area contributed by atoms with Crippen molar-refractivity contribution in [3.8, 4) is 0 Å². The minimum absolute atomic E-state index is 0.0454. The minimum atomic E-state index is -0.0897. The summed E-state index contributed by atoms with van der Waals surface area (Å²) in [6, 6.07) is 8.61. The molecule has 2 atom stereocenters. The van der Waals surface area contributed by atoms with Crippen molar-refractivity contribution in [2.24, 2.45) is 5.92 Å². The van der Waals surface area contributed by atoms with Crippen LogP contribution in [0.3, 0.4) is 0 Å². The van der Waals surface area contributed by atoms with Crippen LogP contribution in [0.2, 0.25) is 0 Å². The van der Waals surface area contributed by atoms with E-state index in [2.05, 4.69) is 31.2 Å². The molecule has 0 radical (unpaired) electrons. The molecule has 136 valence electrons. The maximum absolute atomic E-state index is 12.8. The van der Waals surface area contributed by atoms with Crippen molar-refractivity contribution in [2.45, 2.75) is 39.2 Å². The first kappa shape index (κ1) is 17.9. The molecule has 0 N–H and O–H groups in total. The zero-order chi connectivity index (χ0) is 17.8. The number of carbonyl (C=O) groups is 2. The van der Waals surface area contributed by atoms with Crippen molar-refractivity contribution >= 4 is 11.8 Å². The molecular weight excluding hydrogens is 316 g/mol. The summed E-state index contributed by atoms with van der Waals surface area (Å²) in [5, 5.41) is 0. The van der Waals surface area contributed by atoms with Gasteiger partial charge in [0.1, 0.15) is 0 Å². The van der Waals surface area contributed by atoms with E-state index >= 15 is 0 Å². The molecule has 0 saturated carbocycles. The van der Waals surface area contributed by atoms with Crippen molar-refractivity contribution in [2.75, 3.05) is 32.8 Å². The first-order chi connectivity index (χ1) is 12.1. The second kappa shape index (κ2) is 8.00. The molecule has 2 unspecified atom stereocenters. The monoisotopic (exact) mass is 344 g/mol. The molecule has 25 heavy (non-hydrogen) atoms. The Balaban J connectivity index is 1.71. The summed E-state index contributed by atoms with van der Waals surface area (Å²) in [6.07, 6.45) is 2.68. The van der Waals surface area contributed by atoms with Crippen LogP contribution in [0.15, 0.2) is 24.3 Å². The number of aryl methyl sites for hydroxylation is 1. The summed E-state index contributed by atoms with van der Waals surface area (Å²) in [5.74, 6) is 0.131. The van der Waals surface area contributed by atoms with Gasteiger partial charge in [-0.25, -0.2) is 0 Å². The summed E-state index contributed by atoms with van der Waals surface area (Å²) in [5.41, 5.74) is 2.47. The fourth-order valence-electron chi connectivity index (χ4n) is 3.88. The zero-order valence-corrected chi connectivity index (χ0v) is 15.2. The fraction of sp³-hybridized carbons (Fsp3) is 0.600. The van der Waals surface area contributed by atoms with E-state index < -0.39 is 0 Å². The van der Waals surface area contributed by atoms with Crippen LogP contribution in [0.4, 0.5) is 0 Å². The molecule has 1 aromatic carbocycles. The molecule has 2 fully saturated rings. The van der Waals surface area contributed by atoms with Crippen molar-refractivity contribution in [3.05, 3.63) is 35.4 Å². The van der Waals surface area contributed by atoms with Gasteiger partial charge in [0.2, 0.25) is 11.8 Å². The number of amides is 2. The molecule has 2 saturated heterocycles. The van der Waals surface area contributed by atoms with Gasteiger partial charge < -0.3 is 14.5 Å². The molecular formula is C20H28N2O3. The smallest absolute Gasteiger partial charge is 0.227 e. The van der Waals surface area contributed by atoms with Crippen LogP contribution in [0.25, 0.3) is 0 Å². The van der Waals surface area contributed by atoms with Crippen LogP contribution in [0, 0.1) is 5.92 Å². The van der Waals surface area contributed by atoms with Gasteiger partial charge in [0.15, 0.2) is 0 Å². The van der Waals surface area contributed by atoms with E-state index in [0.717, 1.165) is 19.3 Å². The third-order valence-corrected chi connectivity index (χ3v) is 5.43. The number of carbonyl (C=O) groups excluding carboxylic acids is 2. The van der Waals surface area contributed by atoms with Gasteiger partial charge in [0.25, 0.3) is 0 Å². The molecule has 2 aliphatic heterocycles. The van der Waals surface area contributed by atoms with Gasteiger partial charge in [-0.2, -0.15) is 0 Å². The highest BCUT2D eigenvalue weighted by atomic mass is 16.5. The highest BCUT2D eigenvalue weighted by Gasteiger charge is 2.36. The van der Waals surface area contributed by atoms with Crippen molar-refractivity contribution in [3.63, 3.8) is 0 Å². The predicted octanol–water partition coefficient (Wildman–Crippen LogP) is 2.41. The van der Waals surface area contributed by atoms with Crippen LogP contribution in [-0.2, 0) is 20.7 Å². The van der Waals surface area contributed by atoms with Crippen LogP contribution in [0.5, 0.6) is 0 Å². The van der Waals surface area contributed by atoms with E-state index in [1.165, 1.54) is 11.1 Å². The Labute approximate surface area is 149 Å². The van der Waals surface area contributed by atoms with E-state index in [1.807, 2.05) is 9.80 Å². The van der Waals surface area contributed by atoms with Gasteiger partial charge in [-0.3, -0.25) is 9.59 Å². The molecule has 1 aromatic rings. The van der Waals surface area contributed by atoms with E-state index in [4.69, 9.17) is 4.74 Å². The van der Waals surface area contributed by atoms with Gasteiger partial charge in [-0.15, -0.1) is 0 Å². The number of nitrogens with zero attached hydrogens (tertiary/aromatic N) is 2. The van der Waals surface area contributed by atoms with Crippen LogP contribution < -0.4 is 0 Å². The van der Waals surface area contributed by atoms with Crippen molar-refractivity contribution < 1.29 is 14.3 Å². The van der Waals surface area contributed by atoms with Crippen LogP contribution in [0.1, 0.15) is 43.9 Å². The van der Waals surface area contributed by atoms with Gasteiger partial charge in [0.05, 0.1) is 25.2 Å². The number of ether oxygens (including phenoxy) is 1. The Bertz CT molecular complexity index is 608. The lowest BCUT2D eigenvalue weighted by Gasteiger charge is -2.41. The van der Waals surface area contributed by atoms with Crippen LogP contribution in [-0.4, -0.2) is 54.5 Å². The molecule has 5 nitrogen and oxygen atoms in total. The number of hydrogen-bond donors (Lipinski definition) is 0. The Morgan fingerprint density at radius 1 is 1.12 bits per heavy atom. The van der Waals surface area contributed by atoms with Crippen LogP contribution >= 0.6 is 0 Å². The topological polar surface area (TPSA) is 49.9 Å². The number of hydrogen-bond acceptors (Lipinski definition) is 3. The molecule has 5 heteroatoms. The lowest BCUT2D eigenvalue weighted by Crippen LogP contribution is -2.50. The number of likely N-dealkylation sites (tertiary alicyclic amines) is 1. The largest absolute Gasteiger partial charge is 0.378 e. The van der Waals surface area contributed by atoms with Gasteiger partial charge in [0, 0.05) is 26.6 Å². The van der Waals surface area contributed by atoms with E-state index in [1.54, 1.807) is 6.92 Å². The summed E-state index contributed by atoms with van der Waals surface area (Å²) in [4.78, 5) is 28.8. The minimum Gasteiger partial charge on any atom is -0.378 e. The maximum Gasteiger partial charge on any atom is 0.227 e. The predicted molar refractivity (Wildman–Crippen MR) is 96.1 cm³/mol. The number of benzene rings is 1. The lowest BCUT2D eigenvalue weighted by atomic mass is 9.87. The summed E-state index contributed by atoms with van der Waals surface area (Å²) in [7, 11) is 0. The van der Waals surface area contributed by atoms with E-state index in [0.29, 0.717) is 32.8 Å². The van der Waals surface area contributed by atoms with Crippen molar-refractivity contribution in [1.82, 2.24) is 9.80 Å². The average Bonchev–Trinajstić information content (AvgIpc) is 2.67. The number of rotatable bonds is 3. The van der Waals surface area contributed by atoms with Gasteiger partial charge >= 0.3 is 0 Å². The highest BCUT2D eigenvalue weighted by molar-refractivity contribution is 5.81. The van der Waals surface area contributed by atoms with Gasteiger partial charge in [-0.1, -0.05) is 31.2 Å². The Morgan fingerprint density at radius 3 is 2.40 bits per heavy atom. The molecule has 3 rings (SSSR count). The third-order valence-electron chi connectivity index (χ3n) is 5.43. The maximum atomic E-state index is 12.8. The molecule has 0 bridgehead atoms. The number of piperidine rings is 1. The standard InChI is InChI=1S/C20H28N2O3/c1-3-16-4-6-17(7-5-16)19-9-8-18(14-22(19)15(2)23)20(24)21-10-12-25-13-11-21/h4-7,18-19H,3,8-14H2,1-2H3. The first-order valence-corrected chi connectivity index (χ1v) is 9.32. The Hall–Kier alpha value is -1.88. The van der Waals surface area contributed by atoms with Gasteiger partial charge in [-0.05, 0) is 30.4 Å². The molecule has 2 heterocycles. The molecule has 0 aromatic heterocycles. The third kappa shape index (κ3) is 4.03. The summed E-state index contributed by atoms with van der Waals surface area (Å²) >= 11 is 0. The number of morpholine rings is 1. The second-order valence-electron chi connectivity index (χ2n) is 6.99. The molecule has 0 spiro atoms. The Kier molecular flexibility index (Phi) is 5.74. The first-order valence-electron chi connectivity index (χ1n) is 9.32. The van der Waals surface area contributed by atoms with Crippen molar-refractivity contribution in [1.29, 1.82) is 0 Å². The summed E-state index contributed by atoms with van der Waals surface area (Å²) < 4.78 is 5.33. The lowest BCUT2D eigenvalue weighted by molar-refractivity contribution is -0.145. The second-order valence-corrected chi connectivity index (χ2v) is 6.99. The SMILES string of the molecule is CCc1ccc(C2CCC(C(=O)N3CCOCC3)CN2C(C)=O)cc1. The zero-order valence-electron chi connectivity index (χ0n) is 15.2. The average molecular weight is 344 g/mol. The Morgan fingerprint density at radius 2 is 1.80 bits per heavy atom. The molecule has 0 aliphatic carbocycles. The van der Waals surface area contributed by atoms with E-state index in [-0.39, 0.29) is 23.8 Å². The highest BCUT2D eigenvalue weighted by Crippen LogP contribution is 2.34. The quantitative estimate of drug-likeness (QED) is 0.846. The molecule has 2 aliphatic rings. The van der Waals surface area contributed by atoms with E-state index in [9.17, 15) is 9.59 Å². The summed E-state index contributed by atoms with van der Waals surface area (Å²) in [6.45, 7) is 6.82. The normalized spacial score (nSPS) is 24.2. The fourth-order valence-corrected chi connectivity index (χ4v) is 3.88.